The maximum atomic E-state index is 15.0. The van der Waals surface area contributed by atoms with Crippen molar-refractivity contribution in [3.05, 3.63) is 23.3 Å². The molecule has 1 N–H and O–H groups in total. The second kappa shape index (κ2) is 5.75. The number of aromatic nitrogens is 2. The SMILES string of the molecule is CC1Oc2ncc(F)c3c(C#N)c(C4COC4)nc(c23)N2CC3CCC(N3)C12. The minimum Gasteiger partial charge on any atom is -0.472 e. The van der Waals surface area contributed by atoms with E-state index in [1.807, 2.05) is 6.92 Å². The fourth-order valence-electron chi connectivity index (χ4n) is 5.27. The fraction of sp³-hybridized carbons (Fsp3) is 0.550. The van der Waals surface area contributed by atoms with Crippen molar-refractivity contribution >= 4 is 16.6 Å². The van der Waals surface area contributed by atoms with Gasteiger partial charge in [-0.15, -0.1) is 0 Å². The van der Waals surface area contributed by atoms with E-state index in [9.17, 15) is 9.65 Å². The van der Waals surface area contributed by atoms with Crippen molar-refractivity contribution in [2.24, 2.45) is 0 Å². The van der Waals surface area contributed by atoms with Gasteiger partial charge in [-0.05, 0) is 19.8 Å². The first-order chi connectivity index (χ1) is 13.7. The highest BCUT2D eigenvalue weighted by atomic mass is 19.1. The van der Waals surface area contributed by atoms with Crippen molar-refractivity contribution in [1.29, 1.82) is 5.26 Å². The highest BCUT2D eigenvalue weighted by molar-refractivity contribution is 6.01. The Morgan fingerprint density at radius 2 is 2.18 bits per heavy atom. The van der Waals surface area contributed by atoms with Gasteiger partial charge in [-0.3, -0.25) is 0 Å². The zero-order valence-corrected chi connectivity index (χ0v) is 15.5. The van der Waals surface area contributed by atoms with E-state index in [1.165, 1.54) is 0 Å². The van der Waals surface area contributed by atoms with Gasteiger partial charge in [-0.2, -0.15) is 5.26 Å². The molecule has 0 aliphatic carbocycles. The minimum absolute atomic E-state index is 0.0194. The van der Waals surface area contributed by atoms with Crippen LogP contribution in [0.5, 0.6) is 5.88 Å². The number of pyridine rings is 2. The molecule has 4 atom stereocenters. The molecule has 144 valence electrons. The van der Waals surface area contributed by atoms with Crippen molar-refractivity contribution in [2.75, 3.05) is 24.7 Å². The Kier molecular flexibility index (Phi) is 3.38. The molecule has 7 nitrogen and oxygen atoms in total. The molecular formula is C20H20FN5O2. The first kappa shape index (κ1) is 16.5. The standard InChI is InChI=1S/C20H20FN5O2/c1-9-18-14-3-2-11(24-14)6-26(18)19-16-15(13(21)5-23-20(16)28-9)12(4-22)17(25-19)10-7-27-8-10/h5,9-11,14,18,24H,2-3,6-8H2,1H3. The summed E-state index contributed by atoms with van der Waals surface area (Å²) in [6, 6.07) is 2.97. The van der Waals surface area contributed by atoms with Crippen LogP contribution in [0.1, 0.15) is 36.9 Å². The van der Waals surface area contributed by atoms with Crippen LogP contribution in [0.4, 0.5) is 10.2 Å². The molecule has 4 unspecified atom stereocenters. The number of nitrogens with one attached hydrogen (secondary N) is 1. The summed E-state index contributed by atoms with van der Waals surface area (Å²) in [5.74, 6) is 0.578. The molecule has 8 heteroatoms. The molecule has 0 radical (unpaired) electrons. The second-order valence-electron chi connectivity index (χ2n) is 8.22. The number of ether oxygens (including phenoxy) is 2. The van der Waals surface area contributed by atoms with Crippen LogP contribution in [0.2, 0.25) is 0 Å². The molecular weight excluding hydrogens is 361 g/mol. The average Bonchev–Trinajstić information content (AvgIpc) is 2.96. The van der Waals surface area contributed by atoms with Gasteiger partial charge in [0.2, 0.25) is 5.88 Å². The van der Waals surface area contributed by atoms with Gasteiger partial charge in [0.15, 0.2) is 5.82 Å². The van der Waals surface area contributed by atoms with E-state index in [0.717, 1.165) is 25.6 Å². The van der Waals surface area contributed by atoms with E-state index >= 15 is 0 Å². The molecule has 0 saturated carbocycles. The topological polar surface area (TPSA) is 83.3 Å². The molecule has 28 heavy (non-hydrogen) atoms. The Morgan fingerprint density at radius 3 is 2.93 bits per heavy atom. The van der Waals surface area contributed by atoms with Crippen molar-refractivity contribution in [3.63, 3.8) is 0 Å². The van der Waals surface area contributed by atoms with Crippen LogP contribution in [-0.4, -0.2) is 54.0 Å². The van der Waals surface area contributed by atoms with Crippen LogP contribution < -0.4 is 15.0 Å². The predicted octanol–water partition coefficient (Wildman–Crippen LogP) is 1.84. The molecule has 2 aromatic heterocycles. The molecule has 0 aromatic carbocycles. The Labute approximate surface area is 161 Å². The molecule has 0 amide bonds. The number of fused-ring (bicyclic) bond motifs is 5. The van der Waals surface area contributed by atoms with Crippen LogP contribution in [0.25, 0.3) is 10.8 Å². The molecule has 6 rings (SSSR count). The second-order valence-corrected chi connectivity index (χ2v) is 8.22. The molecule has 4 aliphatic heterocycles. The van der Waals surface area contributed by atoms with Crippen LogP contribution in [-0.2, 0) is 4.74 Å². The zero-order chi connectivity index (χ0) is 19.0. The molecule has 3 saturated heterocycles. The zero-order valence-electron chi connectivity index (χ0n) is 15.5. The lowest BCUT2D eigenvalue weighted by Crippen LogP contribution is -2.62. The maximum Gasteiger partial charge on any atom is 0.225 e. The van der Waals surface area contributed by atoms with Crippen LogP contribution in [0.15, 0.2) is 6.20 Å². The van der Waals surface area contributed by atoms with Gasteiger partial charge in [0.05, 0.1) is 42.1 Å². The largest absolute Gasteiger partial charge is 0.472 e. The lowest BCUT2D eigenvalue weighted by molar-refractivity contribution is 0.00668. The van der Waals surface area contributed by atoms with Gasteiger partial charge in [0.1, 0.15) is 18.0 Å². The summed E-state index contributed by atoms with van der Waals surface area (Å²) in [5, 5.41) is 14.3. The third kappa shape index (κ3) is 2.09. The predicted molar refractivity (Wildman–Crippen MR) is 98.9 cm³/mol. The fourth-order valence-corrected chi connectivity index (χ4v) is 5.27. The van der Waals surface area contributed by atoms with Gasteiger partial charge in [0, 0.05) is 29.9 Å². The number of nitriles is 1. The lowest BCUT2D eigenvalue weighted by atomic mass is 9.94. The smallest absolute Gasteiger partial charge is 0.225 e. The summed E-state index contributed by atoms with van der Waals surface area (Å²) < 4.78 is 26.5. The van der Waals surface area contributed by atoms with Crippen molar-refractivity contribution < 1.29 is 13.9 Å². The summed E-state index contributed by atoms with van der Waals surface area (Å²) in [7, 11) is 0. The van der Waals surface area contributed by atoms with Gasteiger partial charge in [-0.25, -0.2) is 14.4 Å². The Bertz CT molecular complexity index is 1030. The van der Waals surface area contributed by atoms with E-state index < -0.39 is 5.82 Å². The number of hydrogen-bond acceptors (Lipinski definition) is 7. The molecule has 0 spiro atoms. The molecule has 2 bridgehead atoms. The van der Waals surface area contributed by atoms with E-state index in [4.69, 9.17) is 14.5 Å². The normalized spacial score (nSPS) is 31.0. The van der Waals surface area contributed by atoms with Gasteiger partial charge in [-0.1, -0.05) is 0 Å². The van der Waals surface area contributed by atoms with Gasteiger partial charge < -0.3 is 19.7 Å². The molecule has 2 aromatic rings. The van der Waals surface area contributed by atoms with Crippen molar-refractivity contribution in [1.82, 2.24) is 15.3 Å². The lowest BCUT2D eigenvalue weighted by Gasteiger charge is -2.43. The average molecular weight is 381 g/mol. The molecule has 3 fully saturated rings. The van der Waals surface area contributed by atoms with Crippen molar-refractivity contribution in [2.45, 2.75) is 49.9 Å². The number of halogens is 1. The highest BCUT2D eigenvalue weighted by Crippen LogP contribution is 2.44. The van der Waals surface area contributed by atoms with Crippen LogP contribution in [0, 0.1) is 17.1 Å². The molecule has 6 heterocycles. The van der Waals surface area contributed by atoms with E-state index in [2.05, 4.69) is 21.3 Å². The summed E-state index contributed by atoms with van der Waals surface area (Å²) in [6.07, 6.45) is 3.22. The van der Waals surface area contributed by atoms with E-state index in [1.54, 1.807) is 0 Å². The minimum atomic E-state index is -0.506. The first-order valence-corrected chi connectivity index (χ1v) is 9.85. The number of hydrogen-bond donors (Lipinski definition) is 1. The summed E-state index contributed by atoms with van der Waals surface area (Å²) >= 11 is 0. The maximum absolute atomic E-state index is 15.0. The quantitative estimate of drug-likeness (QED) is 0.807. The van der Waals surface area contributed by atoms with Crippen LogP contribution >= 0.6 is 0 Å². The summed E-state index contributed by atoms with van der Waals surface area (Å²) in [5.41, 5.74) is 0.910. The third-order valence-electron chi connectivity index (χ3n) is 6.61. The number of anilines is 1. The van der Waals surface area contributed by atoms with Gasteiger partial charge >= 0.3 is 0 Å². The van der Waals surface area contributed by atoms with E-state index in [-0.39, 0.29) is 29.0 Å². The number of nitrogens with zero attached hydrogens (tertiary/aromatic N) is 4. The number of piperazine rings is 1. The number of rotatable bonds is 1. The molecule has 4 aliphatic rings. The summed E-state index contributed by atoms with van der Waals surface area (Å²) in [4.78, 5) is 11.5. The Balaban J connectivity index is 1.67. The Hall–Kier alpha value is -2.50. The van der Waals surface area contributed by atoms with Gasteiger partial charge in [0.25, 0.3) is 0 Å². The Morgan fingerprint density at radius 1 is 1.32 bits per heavy atom. The van der Waals surface area contributed by atoms with E-state index in [0.29, 0.717) is 48.1 Å². The van der Waals surface area contributed by atoms with Crippen LogP contribution in [0.3, 0.4) is 0 Å². The first-order valence-electron chi connectivity index (χ1n) is 9.85. The summed E-state index contributed by atoms with van der Waals surface area (Å²) in [6.45, 7) is 3.84. The highest BCUT2D eigenvalue weighted by Gasteiger charge is 2.47. The monoisotopic (exact) mass is 381 g/mol. The van der Waals surface area contributed by atoms with Crippen molar-refractivity contribution in [3.8, 4) is 11.9 Å². The third-order valence-corrected chi connectivity index (χ3v) is 6.61.